The number of hydrogen-bond donors (Lipinski definition) is 1. The summed E-state index contributed by atoms with van der Waals surface area (Å²) in [5.41, 5.74) is 2.69. The van der Waals surface area contributed by atoms with Crippen molar-refractivity contribution in [2.45, 2.75) is 20.3 Å². The maximum Gasteiger partial charge on any atom is 0.244 e. The number of rotatable bonds is 5. The number of likely N-dealkylation sites (tertiary alicyclic amines) is 1. The molecule has 1 saturated heterocycles. The van der Waals surface area contributed by atoms with Gasteiger partial charge >= 0.3 is 0 Å². The standard InChI is InChI=1S/C27H26N2O4/c1-14-4-3-5-15(2)25(14)33-17-8-6-16(7-9-17)28-22(30)13-29-26(31)23-18-10-11-19(21-12-20(18)21)24(23)27(29)32/h3-11,18-21,23-24H,12-13H2,1-2H3,(H,28,30)/t18-,19+,20-,21-,23+,24-/m1/s1. The van der Waals surface area contributed by atoms with Gasteiger partial charge in [0.05, 0.1) is 11.8 Å². The van der Waals surface area contributed by atoms with Gasteiger partial charge in [-0.25, -0.2) is 0 Å². The molecule has 6 nitrogen and oxygen atoms in total. The molecule has 1 aliphatic heterocycles. The maximum absolute atomic E-state index is 13.0. The Morgan fingerprint density at radius 3 is 2.09 bits per heavy atom. The fourth-order valence-electron chi connectivity index (χ4n) is 6.20. The van der Waals surface area contributed by atoms with Crippen LogP contribution in [-0.2, 0) is 14.4 Å². The molecular formula is C27H26N2O4. The monoisotopic (exact) mass is 442 g/mol. The highest BCUT2D eigenvalue weighted by Gasteiger charge is 2.67. The summed E-state index contributed by atoms with van der Waals surface area (Å²) in [7, 11) is 0. The van der Waals surface area contributed by atoms with Crippen molar-refractivity contribution in [3.8, 4) is 11.5 Å². The fraction of sp³-hybridized carbons (Fsp3) is 0.370. The Bertz CT molecular complexity index is 1140. The normalized spacial score (nSPS) is 30.8. The van der Waals surface area contributed by atoms with Crippen LogP contribution in [0.25, 0.3) is 0 Å². The second-order valence-corrected chi connectivity index (χ2v) is 9.81. The molecule has 4 aliphatic carbocycles. The molecule has 3 fully saturated rings. The number of allylic oxidation sites excluding steroid dienone is 2. The Morgan fingerprint density at radius 2 is 1.52 bits per heavy atom. The van der Waals surface area contributed by atoms with Crippen LogP contribution < -0.4 is 10.1 Å². The molecule has 2 bridgehead atoms. The van der Waals surface area contributed by atoms with Crippen molar-refractivity contribution >= 4 is 23.4 Å². The van der Waals surface area contributed by atoms with Crippen molar-refractivity contribution in [2.24, 2.45) is 35.5 Å². The fourth-order valence-corrected chi connectivity index (χ4v) is 6.20. The average molecular weight is 443 g/mol. The van der Waals surface area contributed by atoms with Crippen molar-refractivity contribution in [1.29, 1.82) is 0 Å². The number of hydrogen-bond acceptors (Lipinski definition) is 4. The predicted octanol–water partition coefficient (Wildman–Crippen LogP) is 4.09. The Hall–Kier alpha value is -3.41. The predicted molar refractivity (Wildman–Crippen MR) is 122 cm³/mol. The van der Waals surface area contributed by atoms with Crippen LogP contribution >= 0.6 is 0 Å². The molecule has 0 aromatic heterocycles. The Labute approximate surface area is 192 Å². The number of carbonyl (C=O) groups excluding carboxylic acids is 3. The van der Waals surface area contributed by atoms with Gasteiger partial charge in [-0.2, -0.15) is 0 Å². The van der Waals surface area contributed by atoms with E-state index in [0.29, 0.717) is 23.3 Å². The number of amides is 3. The Morgan fingerprint density at radius 1 is 0.939 bits per heavy atom. The zero-order chi connectivity index (χ0) is 22.9. The van der Waals surface area contributed by atoms with Crippen LogP contribution in [0.1, 0.15) is 17.5 Å². The van der Waals surface area contributed by atoms with Crippen LogP contribution in [0.2, 0.25) is 0 Å². The summed E-state index contributed by atoms with van der Waals surface area (Å²) in [5, 5.41) is 2.80. The van der Waals surface area contributed by atoms with Gasteiger partial charge in [0.25, 0.3) is 0 Å². The topological polar surface area (TPSA) is 75.7 Å². The third-order valence-electron chi connectivity index (χ3n) is 7.82. The minimum Gasteiger partial charge on any atom is -0.457 e. The lowest BCUT2D eigenvalue weighted by molar-refractivity contribution is -0.142. The maximum atomic E-state index is 13.0. The summed E-state index contributed by atoms with van der Waals surface area (Å²) in [6.07, 6.45) is 5.40. The zero-order valence-electron chi connectivity index (χ0n) is 18.7. The van der Waals surface area contributed by atoms with Gasteiger partial charge < -0.3 is 10.1 Å². The lowest BCUT2D eigenvalue weighted by Gasteiger charge is -2.37. The summed E-state index contributed by atoms with van der Waals surface area (Å²) in [5.74, 6) is 1.65. The van der Waals surface area contributed by atoms with Crippen LogP contribution in [-0.4, -0.2) is 29.2 Å². The molecule has 7 rings (SSSR count). The van der Waals surface area contributed by atoms with E-state index in [4.69, 9.17) is 4.74 Å². The van der Waals surface area contributed by atoms with E-state index < -0.39 is 0 Å². The molecule has 5 aliphatic rings. The summed E-state index contributed by atoms with van der Waals surface area (Å²) in [6, 6.07) is 13.1. The molecule has 3 amide bonds. The number of nitrogens with one attached hydrogen (secondary N) is 1. The molecule has 2 saturated carbocycles. The quantitative estimate of drug-likeness (QED) is 0.559. The molecule has 33 heavy (non-hydrogen) atoms. The first-order chi connectivity index (χ1) is 15.9. The van der Waals surface area contributed by atoms with Crippen LogP contribution in [0.5, 0.6) is 11.5 Å². The van der Waals surface area contributed by atoms with E-state index in [2.05, 4.69) is 17.5 Å². The highest BCUT2D eigenvalue weighted by Crippen LogP contribution is 2.65. The van der Waals surface area contributed by atoms with Crippen molar-refractivity contribution in [3.05, 3.63) is 65.7 Å². The van der Waals surface area contributed by atoms with E-state index in [0.717, 1.165) is 23.3 Å². The molecule has 168 valence electrons. The van der Waals surface area contributed by atoms with Gasteiger partial charge in [0, 0.05) is 5.69 Å². The minimum atomic E-state index is -0.371. The van der Waals surface area contributed by atoms with Gasteiger partial charge in [-0.3, -0.25) is 19.3 Å². The zero-order valence-corrected chi connectivity index (χ0v) is 18.7. The molecule has 1 heterocycles. The molecule has 2 aromatic carbocycles. The number of carbonyl (C=O) groups is 3. The van der Waals surface area contributed by atoms with E-state index in [-0.39, 0.29) is 47.9 Å². The summed E-state index contributed by atoms with van der Waals surface area (Å²) < 4.78 is 6.01. The molecule has 0 unspecified atom stereocenters. The molecule has 6 atom stereocenters. The number of aryl methyl sites for hydroxylation is 2. The van der Waals surface area contributed by atoms with Gasteiger partial charge in [-0.05, 0) is 79.3 Å². The molecule has 1 N–H and O–H groups in total. The number of benzene rings is 2. The van der Waals surface area contributed by atoms with Crippen molar-refractivity contribution in [1.82, 2.24) is 4.90 Å². The number of ether oxygens (including phenoxy) is 1. The van der Waals surface area contributed by atoms with Crippen LogP contribution in [0.4, 0.5) is 5.69 Å². The molecule has 2 aromatic rings. The molecule has 0 radical (unpaired) electrons. The van der Waals surface area contributed by atoms with Gasteiger partial charge in [-0.15, -0.1) is 0 Å². The third-order valence-corrected chi connectivity index (χ3v) is 7.82. The van der Waals surface area contributed by atoms with E-state index >= 15 is 0 Å². The van der Waals surface area contributed by atoms with Crippen LogP contribution in [0.15, 0.2) is 54.6 Å². The summed E-state index contributed by atoms with van der Waals surface area (Å²) >= 11 is 0. The van der Waals surface area contributed by atoms with Gasteiger partial charge in [0.2, 0.25) is 17.7 Å². The first kappa shape index (κ1) is 20.2. The van der Waals surface area contributed by atoms with Crippen LogP contribution in [0, 0.1) is 49.4 Å². The lowest BCUT2D eigenvalue weighted by atomic mass is 9.63. The first-order valence-electron chi connectivity index (χ1n) is 11.6. The lowest BCUT2D eigenvalue weighted by Crippen LogP contribution is -2.40. The Kier molecular flexibility index (Phi) is 4.47. The second kappa shape index (κ2) is 7.30. The SMILES string of the molecule is Cc1cccc(C)c1Oc1ccc(NC(=O)CN2C(=O)[C@@H]3[C@H]4C=C[C@H]([C@H]5C[C@H]45)[C@@H]3C2=O)cc1. The molecule has 6 heteroatoms. The Balaban J connectivity index is 1.10. The average Bonchev–Trinajstić information content (AvgIpc) is 3.59. The van der Waals surface area contributed by atoms with E-state index in [1.54, 1.807) is 24.3 Å². The highest BCUT2D eigenvalue weighted by molar-refractivity contribution is 6.09. The smallest absolute Gasteiger partial charge is 0.244 e. The van der Waals surface area contributed by atoms with Crippen molar-refractivity contribution < 1.29 is 19.1 Å². The van der Waals surface area contributed by atoms with E-state index in [9.17, 15) is 14.4 Å². The molecular weight excluding hydrogens is 416 g/mol. The number of imide groups is 1. The highest BCUT2D eigenvalue weighted by atomic mass is 16.5. The third kappa shape index (κ3) is 3.19. The molecule has 0 spiro atoms. The van der Waals surface area contributed by atoms with E-state index in [1.807, 2.05) is 32.0 Å². The number of para-hydroxylation sites is 1. The largest absolute Gasteiger partial charge is 0.457 e. The number of nitrogens with zero attached hydrogens (tertiary/aromatic N) is 1. The van der Waals surface area contributed by atoms with Crippen molar-refractivity contribution in [2.75, 3.05) is 11.9 Å². The summed E-state index contributed by atoms with van der Waals surface area (Å²) in [4.78, 5) is 39.9. The van der Waals surface area contributed by atoms with Gasteiger partial charge in [0.1, 0.15) is 18.0 Å². The number of anilines is 1. The van der Waals surface area contributed by atoms with Gasteiger partial charge in [-0.1, -0.05) is 30.4 Å². The second-order valence-electron chi connectivity index (χ2n) is 9.81. The van der Waals surface area contributed by atoms with E-state index in [1.165, 1.54) is 4.90 Å². The first-order valence-corrected chi connectivity index (χ1v) is 11.6. The van der Waals surface area contributed by atoms with Gasteiger partial charge in [0.15, 0.2) is 0 Å². The van der Waals surface area contributed by atoms with Crippen molar-refractivity contribution in [3.63, 3.8) is 0 Å². The summed E-state index contributed by atoms with van der Waals surface area (Å²) in [6.45, 7) is 3.76. The minimum absolute atomic E-state index is 0.166. The van der Waals surface area contributed by atoms with Crippen LogP contribution in [0.3, 0.4) is 0 Å².